The van der Waals surface area contributed by atoms with Crippen LogP contribution in [0.1, 0.15) is 12.0 Å². The number of methoxy groups -OCH3 is 1. The third kappa shape index (κ3) is 6.11. The number of nitrogens with one attached hydrogen (secondary N) is 1. The first-order valence-electron chi connectivity index (χ1n) is 6.35. The van der Waals surface area contributed by atoms with Crippen molar-refractivity contribution in [2.75, 3.05) is 34.0 Å². The normalized spacial score (nSPS) is 12.6. The van der Waals surface area contributed by atoms with Crippen LogP contribution in [0.3, 0.4) is 0 Å². The van der Waals surface area contributed by atoms with Crippen molar-refractivity contribution in [1.29, 1.82) is 0 Å². The van der Waals surface area contributed by atoms with Gasteiger partial charge in [0.2, 0.25) is 0 Å². The lowest BCUT2D eigenvalue weighted by Gasteiger charge is -2.17. The van der Waals surface area contributed by atoms with Crippen LogP contribution in [0.2, 0.25) is 10.0 Å². The van der Waals surface area contributed by atoms with E-state index in [4.69, 9.17) is 32.7 Å². The first-order chi connectivity index (χ1) is 9.19. The van der Waals surface area contributed by atoms with Crippen molar-refractivity contribution in [3.63, 3.8) is 0 Å². The molecule has 0 aliphatic rings. The minimum Gasteiger partial charge on any atom is -0.382 e. The summed E-state index contributed by atoms with van der Waals surface area (Å²) in [7, 11) is 3.61. The zero-order valence-electron chi connectivity index (χ0n) is 11.4. The molecule has 19 heavy (non-hydrogen) atoms. The first-order valence-corrected chi connectivity index (χ1v) is 7.11. The second-order valence-corrected chi connectivity index (χ2v) is 5.08. The number of benzene rings is 1. The zero-order valence-corrected chi connectivity index (χ0v) is 12.9. The maximum Gasteiger partial charge on any atom is 0.0700 e. The minimum absolute atomic E-state index is 0.318. The molecule has 1 aromatic carbocycles. The van der Waals surface area contributed by atoms with Gasteiger partial charge < -0.3 is 14.8 Å². The molecule has 0 amide bonds. The largest absolute Gasteiger partial charge is 0.382 e. The van der Waals surface area contributed by atoms with E-state index in [0.29, 0.717) is 35.9 Å². The monoisotopic (exact) mass is 305 g/mol. The number of likely N-dealkylation sites (N-methyl/N-ethyl adjacent to an activating group) is 1. The van der Waals surface area contributed by atoms with Gasteiger partial charge >= 0.3 is 0 Å². The van der Waals surface area contributed by atoms with Gasteiger partial charge in [0.1, 0.15) is 0 Å². The van der Waals surface area contributed by atoms with E-state index in [1.807, 2.05) is 19.2 Å². The summed E-state index contributed by atoms with van der Waals surface area (Å²) in [4.78, 5) is 0. The van der Waals surface area contributed by atoms with E-state index in [1.165, 1.54) is 0 Å². The highest BCUT2D eigenvalue weighted by molar-refractivity contribution is 6.42. The Morgan fingerprint density at radius 2 is 2.00 bits per heavy atom. The molecule has 5 heteroatoms. The molecule has 0 fully saturated rings. The van der Waals surface area contributed by atoms with Crippen molar-refractivity contribution in [2.24, 2.45) is 0 Å². The molecule has 0 heterocycles. The van der Waals surface area contributed by atoms with Gasteiger partial charge in [-0.05, 0) is 31.5 Å². The summed E-state index contributed by atoms with van der Waals surface area (Å²) in [6.45, 7) is 1.96. The van der Waals surface area contributed by atoms with E-state index in [2.05, 4.69) is 5.32 Å². The van der Waals surface area contributed by atoms with Gasteiger partial charge in [-0.2, -0.15) is 0 Å². The molecule has 0 saturated heterocycles. The highest BCUT2D eigenvalue weighted by atomic mass is 35.5. The Labute approximate surface area is 125 Å². The SMILES string of the molecule is CNC(CCOCCOC)Cc1cccc(Cl)c1Cl. The Morgan fingerprint density at radius 3 is 2.68 bits per heavy atom. The fourth-order valence-electron chi connectivity index (χ4n) is 1.79. The summed E-state index contributed by atoms with van der Waals surface area (Å²) >= 11 is 12.2. The average Bonchev–Trinajstić information content (AvgIpc) is 2.42. The molecule has 3 nitrogen and oxygen atoms in total. The smallest absolute Gasteiger partial charge is 0.0700 e. The quantitative estimate of drug-likeness (QED) is 0.711. The van der Waals surface area contributed by atoms with Crippen LogP contribution < -0.4 is 5.32 Å². The molecule has 0 saturated carbocycles. The van der Waals surface area contributed by atoms with Gasteiger partial charge in [-0.1, -0.05) is 35.3 Å². The zero-order chi connectivity index (χ0) is 14.1. The summed E-state index contributed by atoms with van der Waals surface area (Å²) in [5, 5.41) is 4.52. The van der Waals surface area contributed by atoms with Crippen molar-refractivity contribution < 1.29 is 9.47 Å². The maximum atomic E-state index is 6.19. The van der Waals surface area contributed by atoms with Crippen molar-refractivity contribution in [3.05, 3.63) is 33.8 Å². The van der Waals surface area contributed by atoms with Crippen LogP contribution in [0.4, 0.5) is 0 Å². The number of rotatable bonds is 9. The lowest BCUT2D eigenvalue weighted by Crippen LogP contribution is -2.29. The van der Waals surface area contributed by atoms with E-state index in [0.717, 1.165) is 18.4 Å². The predicted molar refractivity (Wildman–Crippen MR) is 80.3 cm³/mol. The Bertz CT molecular complexity index is 374. The van der Waals surface area contributed by atoms with E-state index < -0.39 is 0 Å². The standard InChI is InChI=1S/C14H21Cl2NO2/c1-17-12(6-7-19-9-8-18-2)10-11-4-3-5-13(15)14(11)16/h3-5,12,17H,6-10H2,1-2H3. The molecule has 0 aliphatic carbocycles. The number of ether oxygens (including phenoxy) is 2. The molecule has 0 bridgehead atoms. The summed E-state index contributed by atoms with van der Waals surface area (Å²) in [6, 6.07) is 6.05. The van der Waals surface area contributed by atoms with Crippen LogP contribution in [0.5, 0.6) is 0 Å². The first kappa shape index (κ1) is 16.7. The number of hydrogen-bond donors (Lipinski definition) is 1. The van der Waals surface area contributed by atoms with Crippen molar-refractivity contribution >= 4 is 23.2 Å². The van der Waals surface area contributed by atoms with Crippen LogP contribution in [0, 0.1) is 0 Å². The molecule has 0 spiro atoms. The third-order valence-electron chi connectivity index (χ3n) is 2.95. The molecular weight excluding hydrogens is 285 g/mol. The highest BCUT2D eigenvalue weighted by Gasteiger charge is 2.11. The van der Waals surface area contributed by atoms with Gasteiger partial charge in [-0.15, -0.1) is 0 Å². The van der Waals surface area contributed by atoms with Crippen LogP contribution in [0.25, 0.3) is 0 Å². The summed E-state index contributed by atoms with van der Waals surface area (Å²) in [5.74, 6) is 0. The molecular formula is C14H21Cl2NO2. The predicted octanol–water partition coefficient (Wildman–Crippen LogP) is 3.18. The Hall–Kier alpha value is -0.320. The molecule has 1 aromatic rings. The van der Waals surface area contributed by atoms with E-state index in [-0.39, 0.29) is 0 Å². The van der Waals surface area contributed by atoms with Gasteiger partial charge in [-0.25, -0.2) is 0 Å². The lowest BCUT2D eigenvalue weighted by molar-refractivity contribution is 0.0661. The maximum absolute atomic E-state index is 6.19. The van der Waals surface area contributed by atoms with Crippen LogP contribution in [0.15, 0.2) is 18.2 Å². The van der Waals surface area contributed by atoms with Crippen molar-refractivity contribution in [1.82, 2.24) is 5.32 Å². The van der Waals surface area contributed by atoms with Gasteiger partial charge in [-0.3, -0.25) is 0 Å². The molecule has 0 aliphatic heterocycles. The van der Waals surface area contributed by atoms with Crippen LogP contribution in [-0.4, -0.2) is 40.0 Å². The summed E-state index contributed by atoms with van der Waals surface area (Å²) < 4.78 is 10.4. The minimum atomic E-state index is 0.318. The number of halogens is 2. The van der Waals surface area contributed by atoms with E-state index in [1.54, 1.807) is 13.2 Å². The third-order valence-corrected chi connectivity index (χ3v) is 3.81. The van der Waals surface area contributed by atoms with E-state index >= 15 is 0 Å². The molecule has 1 unspecified atom stereocenters. The molecule has 0 radical (unpaired) electrons. The lowest BCUT2D eigenvalue weighted by atomic mass is 10.0. The Morgan fingerprint density at radius 1 is 1.21 bits per heavy atom. The van der Waals surface area contributed by atoms with Crippen molar-refractivity contribution in [3.8, 4) is 0 Å². The molecule has 0 aromatic heterocycles. The molecule has 108 valence electrons. The fourth-order valence-corrected chi connectivity index (χ4v) is 2.19. The Kier molecular flexibility index (Phi) is 8.42. The highest BCUT2D eigenvalue weighted by Crippen LogP contribution is 2.26. The van der Waals surface area contributed by atoms with Gasteiger partial charge in [0.15, 0.2) is 0 Å². The van der Waals surface area contributed by atoms with Crippen molar-refractivity contribution in [2.45, 2.75) is 18.9 Å². The second-order valence-electron chi connectivity index (χ2n) is 4.30. The fraction of sp³-hybridized carbons (Fsp3) is 0.571. The molecule has 1 N–H and O–H groups in total. The van der Waals surface area contributed by atoms with Crippen LogP contribution in [-0.2, 0) is 15.9 Å². The number of hydrogen-bond acceptors (Lipinski definition) is 3. The Balaban J connectivity index is 2.41. The second kappa shape index (κ2) is 9.56. The summed E-state index contributed by atoms with van der Waals surface area (Å²) in [5.41, 5.74) is 1.06. The topological polar surface area (TPSA) is 30.5 Å². The molecule has 1 atom stereocenters. The van der Waals surface area contributed by atoms with E-state index in [9.17, 15) is 0 Å². The van der Waals surface area contributed by atoms with Gasteiger partial charge in [0.05, 0.1) is 23.3 Å². The average molecular weight is 306 g/mol. The summed E-state index contributed by atoms with van der Waals surface area (Å²) in [6.07, 6.45) is 1.76. The van der Waals surface area contributed by atoms with Gasteiger partial charge in [0.25, 0.3) is 0 Å². The van der Waals surface area contributed by atoms with Crippen LogP contribution >= 0.6 is 23.2 Å². The van der Waals surface area contributed by atoms with Gasteiger partial charge in [0, 0.05) is 19.8 Å². The molecule has 1 rings (SSSR count).